The van der Waals surface area contributed by atoms with Crippen molar-refractivity contribution < 1.29 is 9.53 Å². The SMILES string of the molecule is COc1ccc2c(c1)/C(=C/C(=O)c1ccc(N)cc1)NC(C)(C)S2. The van der Waals surface area contributed by atoms with Crippen molar-refractivity contribution in [2.45, 2.75) is 23.6 Å². The number of ether oxygens (including phenoxy) is 1. The van der Waals surface area contributed by atoms with Gasteiger partial charge in [0.1, 0.15) is 5.75 Å². The molecular weight excluding hydrogens is 320 g/mol. The minimum atomic E-state index is -0.200. The topological polar surface area (TPSA) is 64.3 Å². The van der Waals surface area contributed by atoms with Crippen molar-refractivity contribution in [2.75, 3.05) is 12.8 Å². The lowest BCUT2D eigenvalue weighted by atomic mass is 10.0. The first-order chi connectivity index (χ1) is 11.4. The number of rotatable bonds is 3. The average molecular weight is 340 g/mol. The van der Waals surface area contributed by atoms with Gasteiger partial charge in [-0.2, -0.15) is 0 Å². The lowest BCUT2D eigenvalue weighted by Gasteiger charge is -2.34. The third-order valence-electron chi connectivity index (χ3n) is 3.75. The molecule has 5 heteroatoms. The summed E-state index contributed by atoms with van der Waals surface area (Å²) in [5.74, 6) is 0.704. The van der Waals surface area contributed by atoms with Crippen LogP contribution in [0.4, 0.5) is 5.69 Å². The smallest absolute Gasteiger partial charge is 0.187 e. The molecule has 0 bridgehead atoms. The second-order valence-corrected chi connectivity index (χ2v) is 7.81. The predicted octanol–water partition coefficient (Wildman–Crippen LogP) is 3.93. The van der Waals surface area contributed by atoms with Crippen molar-refractivity contribution in [1.82, 2.24) is 5.32 Å². The molecule has 3 rings (SSSR count). The molecule has 0 saturated heterocycles. The van der Waals surface area contributed by atoms with Gasteiger partial charge in [0.05, 0.1) is 12.0 Å². The first-order valence-corrected chi connectivity index (χ1v) is 8.47. The Labute approximate surface area is 146 Å². The molecule has 24 heavy (non-hydrogen) atoms. The van der Waals surface area contributed by atoms with Gasteiger partial charge in [-0.05, 0) is 56.3 Å². The summed E-state index contributed by atoms with van der Waals surface area (Å²) >= 11 is 1.73. The Morgan fingerprint density at radius 3 is 2.58 bits per heavy atom. The zero-order valence-corrected chi connectivity index (χ0v) is 14.7. The van der Waals surface area contributed by atoms with Crippen LogP contribution in [-0.2, 0) is 0 Å². The number of benzene rings is 2. The fourth-order valence-electron chi connectivity index (χ4n) is 2.60. The van der Waals surface area contributed by atoms with Crippen LogP contribution in [0.1, 0.15) is 29.8 Å². The van der Waals surface area contributed by atoms with Crippen LogP contribution in [0.15, 0.2) is 53.4 Å². The Bertz CT molecular complexity index is 811. The van der Waals surface area contributed by atoms with Gasteiger partial charge in [-0.3, -0.25) is 4.79 Å². The normalized spacial score (nSPS) is 17.0. The van der Waals surface area contributed by atoms with Gasteiger partial charge in [-0.25, -0.2) is 0 Å². The fraction of sp³-hybridized carbons (Fsp3) is 0.211. The molecule has 0 unspecified atom stereocenters. The summed E-state index contributed by atoms with van der Waals surface area (Å²) in [5.41, 5.74) is 8.71. The van der Waals surface area contributed by atoms with Crippen LogP contribution in [0.2, 0.25) is 0 Å². The maximum atomic E-state index is 12.6. The number of carbonyl (C=O) groups is 1. The van der Waals surface area contributed by atoms with Crippen LogP contribution < -0.4 is 15.8 Å². The molecule has 1 heterocycles. The van der Waals surface area contributed by atoms with E-state index in [1.165, 1.54) is 0 Å². The van der Waals surface area contributed by atoms with Crippen LogP contribution >= 0.6 is 11.8 Å². The zero-order chi connectivity index (χ0) is 17.3. The Morgan fingerprint density at radius 1 is 1.21 bits per heavy atom. The molecule has 0 radical (unpaired) electrons. The van der Waals surface area contributed by atoms with E-state index in [9.17, 15) is 4.79 Å². The average Bonchev–Trinajstić information content (AvgIpc) is 2.54. The molecule has 0 spiro atoms. The minimum absolute atomic E-state index is 0.0611. The lowest BCUT2D eigenvalue weighted by molar-refractivity contribution is 0.104. The van der Waals surface area contributed by atoms with Gasteiger partial charge in [-0.1, -0.05) is 11.8 Å². The molecule has 2 aromatic carbocycles. The Balaban J connectivity index is 2.03. The number of nitrogens with one attached hydrogen (secondary N) is 1. The van der Waals surface area contributed by atoms with Crippen molar-refractivity contribution in [3.63, 3.8) is 0 Å². The van der Waals surface area contributed by atoms with Crippen molar-refractivity contribution in [3.05, 3.63) is 59.7 Å². The van der Waals surface area contributed by atoms with Gasteiger partial charge >= 0.3 is 0 Å². The van der Waals surface area contributed by atoms with Crippen molar-refractivity contribution >= 4 is 28.9 Å². The van der Waals surface area contributed by atoms with Gasteiger partial charge in [0, 0.05) is 33.5 Å². The summed E-state index contributed by atoms with van der Waals surface area (Å²) in [6.07, 6.45) is 1.64. The summed E-state index contributed by atoms with van der Waals surface area (Å²) in [5, 5.41) is 3.44. The van der Waals surface area contributed by atoms with E-state index < -0.39 is 0 Å². The van der Waals surface area contributed by atoms with Crippen molar-refractivity contribution in [1.29, 1.82) is 0 Å². The van der Waals surface area contributed by atoms with E-state index in [4.69, 9.17) is 10.5 Å². The van der Waals surface area contributed by atoms with Crippen LogP contribution in [0.3, 0.4) is 0 Å². The molecule has 0 saturated carbocycles. The van der Waals surface area contributed by atoms with E-state index >= 15 is 0 Å². The zero-order valence-electron chi connectivity index (χ0n) is 13.9. The van der Waals surface area contributed by atoms with E-state index in [1.807, 2.05) is 18.2 Å². The number of nitrogens with two attached hydrogens (primary N) is 1. The largest absolute Gasteiger partial charge is 0.497 e. The maximum absolute atomic E-state index is 12.6. The highest BCUT2D eigenvalue weighted by Crippen LogP contribution is 2.42. The first kappa shape index (κ1) is 16.5. The van der Waals surface area contributed by atoms with E-state index in [2.05, 4.69) is 19.2 Å². The monoisotopic (exact) mass is 340 g/mol. The molecule has 0 aliphatic carbocycles. The molecule has 1 aliphatic heterocycles. The van der Waals surface area contributed by atoms with Crippen molar-refractivity contribution in [2.24, 2.45) is 0 Å². The lowest BCUT2D eigenvalue weighted by Crippen LogP contribution is -2.37. The highest BCUT2D eigenvalue weighted by atomic mass is 32.2. The summed E-state index contributed by atoms with van der Waals surface area (Å²) in [6, 6.07) is 12.9. The predicted molar refractivity (Wildman–Crippen MR) is 99.2 cm³/mol. The maximum Gasteiger partial charge on any atom is 0.187 e. The number of allylic oxidation sites excluding steroid dienone is 1. The third kappa shape index (κ3) is 3.41. The number of anilines is 1. The number of carbonyl (C=O) groups excluding carboxylic acids is 1. The molecule has 0 atom stereocenters. The van der Waals surface area contributed by atoms with Crippen molar-refractivity contribution in [3.8, 4) is 5.75 Å². The van der Waals surface area contributed by atoms with Gasteiger partial charge in [0.15, 0.2) is 5.78 Å². The molecule has 0 aromatic heterocycles. The van der Waals surface area contributed by atoms with Crippen LogP contribution in [0.5, 0.6) is 5.75 Å². The van der Waals surface area contributed by atoms with E-state index in [1.54, 1.807) is 49.2 Å². The fourth-order valence-corrected chi connectivity index (χ4v) is 3.73. The Kier molecular flexibility index (Phi) is 4.28. The molecular formula is C19H20N2O2S. The Hall–Kier alpha value is -2.40. The van der Waals surface area contributed by atoms with E-state index in [-0.39, 0.29) is 10.7 Å². The minimum Gasteiger partial charge on any atom is -0.497 e. The van der Waals surface area contributed by atoms with Gasteiger partial charge in [-0.15, -0.1) is 0 Å². The summed E-state index contributed by atoms with van der Waals surface area (Å²) < 4.78 is 5.32. The number of hydrogen-bond acceptors (Lipinski definition) is 5. The Morgan fingerprint density at radius 2 is 1.92 bits per heavy atom. The molecule has 0 fully saturated rings. The van der Waals surface area contributed by atoms with Gasteiger partial charge < -0.3 is 15.8 Å². The van der Waals surface area contributed by atoms with Crippen LogP contribution in [-0.4, -0.2) is 17.8 Å². The second-order valence-electron chi connectivity index (χ2n) is 6.14. The molecule has 2 aromatic rings. The number of ketones is 1. The van der Waals surface area contributed by atoms with Crippen LogP contribution in [0.25, 0.3) is 5.70 Å². The van der Waals surface area contributed by atoms with Crippen LogP contribution in [0, 0.1) is 0 Å². The molecule has 124 valence electrons. The molecule has 1 aliphatic rings. The van der Waals surface area contributed by atoms with E-state index in [0.717, 1.165) is 21.9 Å². The molecule has 3 N–H and O–H groups in total. The number of hydrogen-bond donors (Lipinski definition) is 2. The number of fused-ring (bicyclic) bond motifs is 1. The number of methoxy groups -OCH3 is 1. The highest BCUT2D eigenvalue weighted by molar-refractivity contribution is 8.00. The summed E-state index contributed by atoms with van der Waals surface area (Å²) in [7, 11) is 1.64. The second kappa shape index (κ2) is 6.24. The number of nitrogen functional groups attached to an aromatic ring is 1. The van der Waals surface area contributed by atoms with E-state index in [0.29, 0.717) is 11.3 Å². The van der Waals surface area contributed by atoms with Gasteiger partial charge in [0.2, 0.25) is 0 Å². The quantitative estimate of drug-likeness (QED) is 0.503. The molecule has 0 amide bonds. The number of thioether (sulfide) groups is 1. The third-order valence-corrected chi connectivity index (χ3v) is 4.94. The summed E-state index contributed by atoms with van der Waals surface area (Å²) in [6.45, 7) is 4.18. The molecule has 4 nitrogen and oxygen atoms in total. The highest BCUT2D eigenvalue weighted by Gasteiger charge is 2.29. The summed E-state index contributed by atoms with van der Waals surface area (Å²) in [4.78, 5) is 13.5. The standard InChI is InChI=1S/C19H20N2O2S/c1-19(2)21-16(11-17(22)12-4-6-13(20)7-5-12)15-10-14(23-3)8-9-18(15)24-19/h4-11,21H,20H2,1-3H3/b16-11-. The first-order valence-electron chi connectivity index (χ1n) is 7.65. The van der Waals surface area contributed by atoms with Gasteiger partial charge in [0.25, 0.3) is 0 Å².